The monoisotopic (exact) mass is 155 g/mol. The number of carboxylic acid groups (broad SMARTS) is 1. The number of aromatic carboxylic acids is 1. The van der Waals surface area contributed by atoms with Crippen molar-refractivity contribution in [3.05, 3.63) is 22.4 Å². The van der Waals surface area contributed by atoms with Crippen molar-refractivity contribution < 1.29 is 9.90 Å². The smallest absolute Gasteiger partial charge is 0.345 e. The fraction of sp³-hybridized carbons (Fsp3) is 0. The van der Waals surface area contributed by atoms with Crippen LogP contribution in [-0.2, 0) is 0 Å². The average Bonchev–Trinajstić information content (AvgIpc) is 2.42. The van der Waals surface area contributed by atoms with Crippen LogP contribution in [0.25, 0.3) is 0 Å². The standard InChI is InChI=1S/C5H4O2S.CHN/c6-5(7)4-2-1-3-8-4;1-2/h1-3H,(H,6,7);1H. The molecule has 3 nitrogen and oxygen atoms in total. The zero-order valence-corrected chi connectivity index (χ0v) is 5.84. The van der Waals surface area contributed by atoms with E-state index in [4.69, 9.17) is 10.4 Å². The van der Waals surface area contributed by atoms with Crippen molar-refractivity contribution in [2.24, 2.45) is 0 Å². The van der Waals surface area contributed by atoms with Crippen molar-refractivity contribution in [3.8, 4) is 6.57 Å². The molecule has 52 valence electrons. The molecule has 10 heavy (non-hydrogen) atoms. The van der Waals surface area contributed by atoms with Gasteiger partial charge in [0.15, 0.2) is 0 Å². The van der Waals surface area contributed by atoms with E-state index in [1.54, 1.807) is 17.5 Å². The van der Waals surface area contributed by atoms with Crippen molar-refractivity contribution in [2.75, 3.05) is 0 Å². The summed E-state index contributed by atoms with van der Waals surface area (Å²) in [5.41, 5.74) is 0. The Morgan fingerprint density at radius 3 is 2.50 bits per heavy atom. The summed E-state index contributed by atoms with van der Waals surface area (Å²) in [4.78, 5) is 10.5. The van der Waals surface area contributed by atoms with Gasteiger partial charge in [0.05, 0.1) is 0 Å². The Labute approximate surface area is 62.2 Å². The minimum atomic E-state index is -0.847. The molecule has 0 aliphatic carbocycles. The SMILES string of the molecule is C#N.O=C(O)c1cccs1. The maximum atomic E-state index is 10.1. The summed E-state index contributed by atoms with van der Waals surface area (Å²) in [7, 11) is 0. The number of carboxylic acids is 1. The minimum absolute atomic E-state index is 0.394. The first kappa shape index (κ1) is 8.66. The van der Waals surface area contributed by atoms with E-state index >= 15 is 0 Å². The highest BCUT2D eigenvalue weighted by molar-refractivity contribution is 7.11. The Morgan fingerprint density at radius 1 is 1.70 bits per heavy atom. The molecule has 0 bridgehead atoms. The Balaban J connectivity index is 0.000000371. The van der Waals surface area contributed by atoms with Crippen LogP contribution < -0.4 is 0 Å². The molecule has 0 amide bonds. The van der Waals surface area contributed by atoms with Crippen LogP contribution in [0.3, 0.4) is 0 Å². The van der Waals surface area contributed by atoms with Crippen molar-refractivity contribution >= 4 is 17.3 Å². The molecule has 0 saturated carbocycles. The molecule has 0 unspecified atom stereocenters. The van der Waals surface area contributed by atoms with E-state index in [2.05, 4.69) is 6.57 Å². The number of thiophene rings is 1. The molecule has 1 aromatic heterocycles. The van der Waals surface area contributed by atoms with Crippen LogP contribution in [0.4, 0.5) is 0 Å². The van der Waals surface area contributed by atoms with Gasteiger partial charge in [-0.2, -0.15) is 0 Å². The Morgan fingerprint density at radius 2 is 2.30 bits per heavy atom. The lowest BCUT2D eigenvalue weighted by molar-refractivity contribution is 0.0702. The lowest BCUT2D eigenvalue weighted by Crippen LogP contribution is -1.89. The average molecular weight is 155 g/mol. The Bertz CT molecular complexity index is 215. The van der Waals surface area contributed by atoms with Gasteiger partial charge in [0.1, 0.15) is 4.88 Å². The van der Waals surface area contributed by atoms with Crippen LogP contribution >= 0.6 is 11.3 Å². The van der Waals surface area contributed by atoms with Crippen LogP contribution in [0.15, 0.2) is 17.5 Å². The molecule has 0 fully saturated rings. The van der Waals surface area contributed by atoms with Gasteiger partial charge >= 0.3 is 5.97 Å². The highest BCUT2D eigenvalue weighted by Gasteiger charge is 1.99. The molecular weight excluding hydrogens is 150 g/mol. The third-order valence-corrected chi connectivity index (χ3v) is 1.59. The lowest BCUT2D eigenvalue weighted by Gasteiger charge is -1.78. The van der Waals surface area contributed by atoms with Crippen molar-refractivity contribution in [2.45, 2.75) is 0 Å². The Kier molecular flexibility index (Phi) is 3.92. The number of hydrogen-bond donors (Lipinski definition) is 1. The van der Waals surface area contributed by atoms with Gasteiger partial charge in [-0.15, -0.1) is 11.3 Å². The predicted octanol–water partition coefficient (Wildman–Crippen LogP) is 1.59. The van der Waals surface area contributed by atoms with Crippen molar-refractivity contribution in [1.82, 2.24) is 0 Å². The normalized spacial score (nSPS) is 7.40. The van der Waals surface area contributed by atoms with Crippen LogP contribution in [0.1, 0.15) is 9.67 Å². The summed E-state index contributed by atoms with van der Waals surface area (Å²) in [5, 5.41) is 16.5. The molecule has 1 N–H and O–H groups in total. The van der Waals surface area contributed by atoms with Gasteiger partial charge in [0.25, 0.3) is 0 Å². The summed E-state index contributed by atoms with van der Waals surface area (Å²) >= 11 is 1.23. The van der Waals surface area contributed by atoms with Gasteiger partial charge in [-0.1, -0.05) is 6.07 Å². The van der Waals surface area contributed by atoms with Gasteiger partial charge in [-0.3, -0.25) is 0 Å². The highest BCUT2D eigenvalue weighted by Crippen LogP contribution is 2.06. The van der Waals surface area contributed by atoms with E-state index in [1.165, 1.54) is 11.3 Å². The number of nitrogens with zero attached hydrogens (tertiary/aromatic N) is 1. The first-order valence-corrected chi connectivity index (χ1v) is 3.21. The van der Waals surface area contributed by atoms with Gasteiger partial charge in [0.2, 0.25) is 0 Å². The molecule has 0 aliphatic heterocycles. The van der Waals surface area contributed by atoms with Crippen LogP contribution in [0.2, 0.25) is 0 Å². The molecule has 1 aromatic rings. The number of carbonyl (C=O) groups is 1. The van der Waals surface area contributed by atoms with Crippen molar-refractivity contribution in [1.29, 1.82) is 5.26 Å². The van der Waals surface area contributed by atoms with E-state index in [-0.39, 0.29) is 0 Å². The second-order valence-electron chi connectivity index (χ2n) is 1.28. The summed E-state index contributed by atoms with van der Waals surface area (Å²) < 4.78 is 0. The van der Waals surface area contributed by atoms with Crippen LogP contribution in [-0.4, -0.2) is 11.1 Å². The van der Waals surface area contributed by atoms with Gasteiger partial charge in [0, 0.05) is 6.57 Å². The molecule has 0 spiro atoms. The Hall–Kier alpha value is -1.34. The number of nitriles is 1. The predicted molar refractivity (Wildman–Crippen MR) is 37.9 cm³/mol. The lowest BCUT2D eigenvalue weighted by atomic mass is 10.5. The highest BCUT2D eigenvalue weighted by atomic mass is 32.1. The molecule has 0 aromatic carbocycles. The number of hydrogen-bond acceptors (Lipinski definition) is 3. The molecule has 0 radical (unpaired) electrons. The molecule has 0 aliphatic rings. The second kappa shape index (κ2) is 4.53. The molecule has 0 atom stereocenters. The quantitative estimate of drug-likeness (QED) is 0.669. The van der Waals surface area contributed by atoms with Crippen LogP contribution in [0, 0.1) is 11.8 Å². The minimum Gasteiger partial charge on any atom is -0.477 e. The fourth-order valence-corrected chi connectivity index (χ4v) is 0.962. The van der Waals surface area contributed by atoms with E-state index in [1.807, 2.05) is 0 Å². The fourth-order valence-electron chi connectivity index (χ4n) is 0.400. The first-order valence-electron chi connectivity index (χ1n) is 2.33. The maximum absolute atomic E-state index is 10.1. The molecule has 4 heteroatoms. The van der Waals surface area contributed by atoms with E-state index in [0.717, 1.165) is 0 Å². The van der Waals surface area contributed by atoms with Gasteiger partial charge < -0.3 is 5.11 Å². The summed E-state index contributed by atoms with van der Waals surface area (Å²) in [6, 6.07) is 3.29. The molecule has 1 heterocycles. The van der Waals surface area contributed by atoms with E-state index < -0.39 is 5.97 Å². The largest absolute Gasteiger partial charge is 0.477 e. The maximum Gasteiger partial charge on any atom is 0.345 e. The van der Waals surface area contributed by atoms with E-state index in [0.29, 0.717) is 4.88 Å². The third kappa shape index (κ3) is 2.29. The zero-order chi connectivity index (χ0) is 7.98. The zero-order valence-electron chi connectivity index (χ0n) is 5.02. The summed E-state index contributed by atoms with van der Waals surface area (Å²) in [5.74, 6) is -0.847. The van der Waals surface area contributed by atoms with Gasteiger partial charge in [-0.05, 0) is 11.4 Å². The van der Waals surface area contributed by atoms with Crippen molar-refractivity contribution in [3.63, 3.8) is 0 Å². The van der Waals surface area contributed by atoms with Gasteiger partial charge in [-0.25, -0.2) is 10.1 Å². The summed E-state index contributed by atoms with van der Waals surface area (Å²) in [6.07, 6.45) is 0. The molecule has 1 rings (SSSR count). The molecule has 0 saturated heterocycles. The molecular formula is C6H5NO2S. The second-order valence-corrected chi connectivity index (χ2v) is 2.23. The van der Waals surface area contributed by atoms with Crippen LogP contribution in [0.5, 0.6) is 0 Å². The summed E-state index contributed by atoms with van der Waals surface area (Å²) in [6.45, 7) is 3.50. The first-order chi connectivity index (χ1) is 4.80. The number of rotatable bonds is 1. The topological polar surface area (TPSA) is 61.1 Å². The van der Waals surface area contributed by atoms with E-state index in [9.17, 15) is 4.79 Å². The third-order valence-electron chi connectivity index (χ3n) is 0.732.